The second kappa shape index (κ2) is 10.3. The van der Waals surface area contributed by atoms with Gasteiger partial charge >= 0.3 is 0 Å². The van der Waals surface area contributed by atoms with Crippen molar-refractivity contribution in [3.05, 3.63) is 0 Å². The predicted octanol–water partition coefficient (Wildman–Crippen LogP) is 4.79. The van der Waals surface area contributed by atoms with E-state index in [1.54, 1.807) is 6.92 Å². The molecule has 0 aromatic rings. The minimum atomic E-state index is 0.0941. The van der Waals surface area contributed by atoms with E-state index in [0.29, 0.717) is 10.8 Å². The first-order chi connectivity index (χ1) is 10.9. The summed E-state index contributed by atoms with van der Waals surface area (Å²) in [5.41, 5.74) is 6.71. The minimum Gasteiger partial charge on any atom is -0.356 e. The van der Waals surface area contributed by atoms with Gasteiger partial charge < -0.3 is 11.1 Å². The Morgan fingerprint density at radius 2 is 1.35 bits per heavy atom. The number of nitrogens with one attached hydrogen (secondary N) is 1. The highest BCUT2D eigenvalue weighted by Crippen LogP contribution is 2.41. The molecule has 0 atom stereocenters. The maximum atomic E-state index is 10.6. The van der Waals surface area contributed by atoms with E-state index < -0.39 is 0 Å². The van der Waals surface area contributed by atoms with Gasteiger partial charge in [0.05, 0.1) is 0 Å². The molecule has 3 N–H and O–H groups in total. The molecular formula is C20H40N2O. The second-order valence-electron chi connectivity index (χ2n) is 8.51. The lowest BCUT2D eigenvalue weighted by Gasteiger charge is -2.22. The summed E-state index contributed by atoms with van der Waals surface area (Å²) in [4.78, 5) is 10.6. The highest BCUT2D eigenvalue weighted by Gasteiger charge is 2.28. The summed E-state index contributed by atoms with van der Waals surface area (Å²) in [5.74, 6) is 0.0941. The number of carbonyl (C=O) groups is 1. The van der Waals surface area contributed by atoms with Crippen LogP contribution < -0.4 is 11.1 Å². The summed E-state index contributed by atoms with van der Waals surface area (Å²) >= 11 is 0. The first kappa shape index (κ1) is 20.5. The molecular weight excluding hydrogens is 284 g/mol. The van der Waals surface area contributed by atoms with E-state index in [4.69, 9.17) is 5.73 Å². The van der Waals surface area contributed by atoms with E-state index in [0.717, 1.165) is 19.5 Å². The molecule has 3 nitrogen and oxygen atoms in total. The Kier molecular flexibility index (Phi) is 9.19. The Morgan fingerprint density at radius 1 is 0.913 bits per heavy atom. The minimum absolute atomic E-state index is 0.0941. The highest BCUT2D eigenvalue weighted by atomic mass is 16.1. The van der Waals surface area contributed by atoms with Crippen LogP contribution in [0.25, 0.3) is 0 Å². The van der Waals surface area contributed by atoms with Crippen molar-refractivity contribution >= 4 is 5.91 Å². The summed E-state index contributed by atoms with van der Waals surface area (Å²) in [6.07, 6.45) is 16.3. The van der Waals surface area contributed by atoms with Gasteiger partial charge in [-0.3, -0.25) is 4.79 Å². The van der Waals surface area contributed by atoms with Gasteiger partial charge in [-0.15, -0.1) is 0 Å². The van der Waals surface area contributed by atoms with Crippen LogP contribution in [0.5, 0.6) is 0 Å². The maximum absolute atomic E-state index is 10.6. The van der Waals surface area contributed by atoms with Gasteiger partial charge in [0, 0.05) is 13.5 Å². The molecule has 2 fully saturated rings. The Morgan fingerprint density at radius 3 is 1.74 bits per heavy atom. The van der Waals surface area contributed by atoms with E-state index in [9.17, 15) is 4.79 Å². The fraction of sp³-hybridized carbons (Fsp3) is 0.950. The van der Waals surface area contributed by atoms with Crippen LogP contribution in [0.4, 0.5) is 0 Å². The van der Waals surface area contributed by atoms with Crippen LogP contribution in [0.3, 0.4) is 0 Å². The van der Waals surface area contributed by atoms with Crippen molar-refractivity contribution < 1.29 is 4.79 Å². The number of hydrogen-bond donors (Lipinski definition) is 2. The first-order valence-corrected chi connectivity index (χ1v) is 9.84. The number of rotatable bonds is 7. The van der Waals surface area contributed by atoms with Crippen molar-refractivity contribution in [3.8, 4) is 0 Å². The van der Waals surface area contributed by atoms with Crippen molar-refractivity contribution in [1.82, 2.24) is 5.32 Å². The van der Waals surface area contributed by atoms with Crippen LogP contribution in [0.15, 0.2) is 0 Å². The average Bonchev–Trinajstić information content (AvgIpc) is 3.12. The van der Waals surface area contributed by atoms with E-state index >= 15 is 0 Å². The van der Waals surface area contributed by atoms with Gasteiger partial charge in [0.25, 0.3) is 0 Å². The van der Waals surface area contributed by atoms with Crippen molar-refractivity contribution in [2.75, 3.05) is 13.1 Å². The van der Waals surface area contributed by atoms with E-state index in [2.05, 4.69) is 19.2 Å². The molecule has 3 heteroatoms. The third kappa shape index (κ3) is 8.74. The predicted molar refractivity (Wildman–Crippen MR) is 99.4 cm³/mol. The summed E-state index contributed by atoms with van der Waals surface area (Å²) in [6, 6.07) is 0. The summed E-state index contributed by atoms with van der Waals surface area (Å²) < 4.78 is 0. The third-order valence-corrected chi connectivity index (χ3v) is 5.94. The molecule has 0 saturated heterocycles. The van der Waals surface area contributed by atoms with Crippen LogP contribution >= 0.6 is 0 Å². The number of nitrogens with two attached hydrogens (primary N) is 1. The van der Waals surface area contributed by atoms with Gasteiger partial charge in [-0.1, -0.05) is 39.5 Å². The third-order valence-electron chi connectivity index (χ3n) is 5.94. The molecule has 0 aromatic heterocycles. The van der Waals surface area contributed by atoms with E-state index in [1.165, 1.54) is 70.6 Å². The van der Waals surface area contributed by atoms with Gasteiger partial charge in [0.2, 0.25) is 5.91 Å². The molecule has 0 bridgehead atoms. The van der Waals surface area contributed by atoms with Gasteiger partial charge in [0.1, 0.15) is 0 Å². The molecule has 0 radical (unpaired) electrons. The molecule has 0 aromatic carbocycles. The quantitative estimate of drug-likeness (QED) is 0.662. The summed E-state index contributed by atoms with van der Waals surface area (Å²) in [7, 11) is 0. The van der Waals surface area contributed by atoms with Crippen molar-refractivity contribution in [2.45, 2.75) is 97.8 Å². The SMILES string of the molecule is CC(=O)NCCCC1(C)CCCC1.CC1(CCCN)CCCC1. The van der Waals surface area contributed by atoms with Gasteiger partial charge in [-0.05, 0) is 68.7 Å². The Hall–Kier alpha value is -0.570. The maximum Gasteiger partial charge on any atom is 0.216 e. The Balaban J connectivity index is 0.000000238. The molecule has 2 aliphatic rings. The fourth-order valence-electron chi connectivity index (χ4n) is 4.27. The van der Waals surface area contributed by atoms with E-state index in [-0.39, 0.29) is 5.91 Å². The molecule has 0 heterocycles. The van der Waals surface area contributed by atoms with Crippen molar-refractivity contribution in [1.29, 1.82) is 0 Å². The number of carbonyl (C=O) groups excluding carboxylic acids is 1. The summed E-state index contributed by atoms with van der Waals surface area (Å²) in [5, 5.41) is 2.85. The van der Waals surface area contributed by atoms with Crippen LogP contribution in [0.2, 0.25) is 0 Å². The standard InChI is InChI=1S/C11H21NO.C9H19N/c1-10(13)12-9-5-8-11(2)6-3-4-7-11;1-9(7-4-8-10)5-2-3-6-9/h3-9H2,1-2H3,(H,12,13);2-8,10H2,1H3. The smallest absolute Gasteiger partial charge is 0.216 e. The fourth-order valence-corrected chi connectivity index (χ4v) is 4.27. The molecule has 136 valence electrons. The zero-order chi connectivity index (χ0) is 17.2. The normalized spacial score (nSPS) is 21.6. The highest BCUT2D eigenvalue weighted by molar-refractivity contribution is 5.72. The van der Waals surface area contributed by atoms with Crippen molar-refractivity contribution in [3.63, 3.8) is 0 Å². The lowest BCUT2D eigenvalue weighted by Crippen LogP contribution is -2.22. The average molecular weight is 325 g/mol. The van der Waals surface area contributed by atoms with Crippen LogP contribution in [0.1, 0.15) is 97.8 Å². The van der Waals surface area contributed by atoms with Gasteiger partial charge in [-0.2, -0.15) is 0 Å². The number of amides is 1. The molecule has 0 spiro atoms. The molecule has 2 saturated carbocycles. The number of hydrogen-bond acceptors (Lipinski definition) is 2. The largest absolute Gasteiger partial charge is 0.356 e. The van der Waals surface area contributed by atoms with E-state index in [1.807, 2.05) is 0 Å². The molecule has 2 rings (SSSR count). The molecule has 0 aliphatic heterocycles. The van der Waals surface area contributed by atoms with Gasteiger partial charge in [0.15, 0.2) is 0 Å². The molecule has 0 unspecified atom stereocenters. The molecule has 23 heavy (non-hydrogen) atoms. The lowest BCUT2D eigenvalue weighted by molar-refractivity contribution is -0.118. The molecule has 1 amide bonds. The second-order valence-corrected chi connectivity index (χ2v) is 8.51. The Bertz CT molecular complexity index is 329. The van der Waals surface area contributed by atoms with Crippen LogP contribution in [-0.4, -0.2) is 19.0 Å². The van der Waals surface area contributed by atoms with Crippen LogP contribution in [0, 0.1) is 10.8 Å². The lowest BCUT2D eigenvalue weighted by atomic mass is 9.84. The summed E-state index contributed by atoms with van der Waals surface area (Å²) in [6.45, 7) is 8.10. The zero-order valence-corrected chi connectivity index (χ0v) is 15.9. The van der Waals surface area contributed by atoms with Crippen molar-refractivity contribution in [2.24, 2.45) is 16.6 Å². The monoisotopic (exact) mass is 324 g/mol. The first-order valence-electron chi connectivity index (χ1n) is 9.84. The zero-order valence-electron chi connectivity index (χ0n) is 15.9. The molecule has 2 aliphatic carbocycles. The van der Waals surface area contributed by atoms with Gasteiger partial charge in [-0.25, -0.2) is 0 Å². The van der Waals surface area contributed by atoms with Crippen LogP contribution in [-0.2, 0) is 4.79 Å². The Labute approximate surface area is 144 Å². The topological polar surface area (TPSA) is 55.1 Å².